The Balaban J connectivity index is 2.05. The van der Waals surface area contributed by atoms with Crippen LogP contribution in [0.15, 0.2) is 55.1 Å². The van der Waals surface area contributed by atoms with Gasteiger partial charge in [-0.15, -0.1) is 0 Å². The van der Waals surface area contributed by atoms with Gasteiger partial charge in [-0.2, -0.15) is 0 Å². The molecule has 0 bridgehead atoms. The Morgan fingerprint density at radius 1 is 0.952 bits per heavy atom. The molecular weight excluding hydrogens is 260 g/mol. The molecule has 102 valence electrons. The summed E-state index contributed by atoms with van der Waals surface area (Å²) in [4.78, 5) is 13.3. The highest BCUT2D eigenvalue weighted by atomic mass is 15.1. The molecule has 4 heteroatoms. The first-order valence-electron chi connectivity index (χ1n) is 7.03. The lowest BCUT2D eigenvalue weighted by Crippen LogP contribution is -1.99. The number of fused-ring (bicyclic) bond motifs is 2. The van der Waals surface area contributed by atoms with Crippen LogP contribution < -0.4 is 0 Å². The van der Waals surface area contributed by atoms with Crippen molar-refractivity contribution in [2.24, 2.45) is 0 Å². The van der Waals surface area contributed by atoms with E-state index in [0.29, 0.717) is 0 Å². The van der Waals surface area contributed by atoms with E-state index < -0.39 is 0 Å². The van der Waals surface area contributed by atoms with Crippen LogP contribution in [0.1, 0.15) is 12.5 Å². The summed E-state index contributed by atoms with van der Waals surface area (Å²) in [7, 11) is 0. The predicted octanol–water partition coefficient (Wildman–Crippen LogP) is 3.53. The summed E-state index contributed by atoms with van der Waals surface area (Å²) in [5.41, 5.74) is 4.26. The SMILES string of the molecule is CCc1ccc2ncnc(-n3cnc4ccccc43)c2c1. The van der Waals surface area contributed by atoms with Crippen LogP contribution in [0.3, 0.4) is 0 Å². The predicted molar refractivity (Wildman–Crippen MR) is 83.5 cm³/mol. The van der Waals surface area contributed by atoms with E-state index in [2.05, 4.69) is 46.1 Å². The topological polar surface area (TPSA) is 43.6 Å². The highest BCUT2D eigenvalue weighted by Gasteiger charge is 2.09. The smallest absolute Gasteiger partial charge is 0.149 e. The third kappa shape index (κ3) is 1.88. The van der Waals surface area contributed by atoms with Gasteiger partial charge in [-0.1, -0.05) is 25.1 Å². The summed E-state index contributed by atoms with van der Waals surface area (Å²) in [5.74, 6) is 0.879. The van der Waals surface area contributed by atoms with Gasteiger partial charge in [0.15, 0.2) is 0 Å². The maximum absolute atomic E-state index is 4.49. The highest BCUT2D eigenvalue weighted by molar-refractivity contribution is 5.88. The molecule has 0 aliphatic rings. The summed E-state index contributed by atoms with van der Waals surface area (Å²) < 4.78 is 2.03. The fourth-order valence-corrected chi connectivity index (χ4v) is 2.63. The van der Waals surface area contributed by atoms with Crippen molar-refractivity contribution in [3.05, 3.63) is 60.7 Å². The van der Waals surface area contributed by atoms with Crippen LogP contribution in [0.5, 0.6) is 0 Å². The lowest BCUT2D eigenvalue weighted by atomic mass is 10.1. The number of benzene rings is 2. The Hall–Kier alpha value is -2.75. The standard InChI is InChI=1S/C17H14N4/c1-2-12-7-8-14-13(9-12)17(19-10-18-14)21-11-20-15-5-3-4-6-16(15)21/h3-11H,2H2,1H3. The van der Waals surface area contributed by atoms with Crippen LogP contribution in [0.25, 0.3) is 27.8 Å². The quantitative estimate of drug-likeness (QED) is 0.561. The molecule has 4 rings (SSSR count). The van der Waals surface area contributed by atoms with E-state index in [1.165, 1.54) is 5.56 Å². The molecule has 0 spiro atoms. The molecule has 0 unspecified atom stereocenters. The number of hydrogen-bond donors (Lipinski definition) is 0. The molecule has 0 aliphatic heterocycles. The molecule has 0 fully saturated rings. The molecular formula is C17H14N4. The molecule has 0 radical (unpaired) electrons. The average Bonchev–Trinajstić information content (AvgIpc) is 2.97. The van der Waals surface area contributed by atoms with Gasteiger partial charge in [-0.25, -0.2) is 15.0 Å². The van der Waals surface area contributed by atoms with Gasteiger partial charge in [0.2, 0.25) is 0 Å². The zero-order chi connectivity index (χ0) is 14.2. The van der Waals surface area contributed by atoms with Gasteiger partial charge in [-0.05, 0) is 36.2 Å². The second-order valence-electron chi connectivity index (χ2n) is 5.01. The number of hydrogen-bond acceptors (Lipinski definition) is 3. The van der Waals surface area contributed by atoms with Crippen LogP contribution >= 0.6 is 0 Å². The third-order valence-corrected chi connectivity index (χ3v) is 3.77. The first-order chi connectivity index (χ1) is 10.4. The molecule has 0 aliphatic carbocycles. The summed E-state index contributed by atoms with van der Waals surface area (Å²) in [6.45, 7) is 2.15. The largest absolute Gasteiger partial charge is 0.282 e. The molecule has 4 nitrogen and oxygen atoms in total. The second kappa shape index (κ2) is 4.66. The van der Waals surface area contributed by atoms with Crippen molar-refractivity contribution in [2.75, 3.05) is 0 Å². The Morgan fingerprint density at radius 3 is 2.76 bits per heavy atom. The number of para-hydroxylation sites is 2. The van der Waals surface area contributed by atoms with Gasteiger partial charge in [0, 0.05) is 5.39 Å². The van der Waals surface area contributed by atoms with Crippen LogP contribution in [-0.2, 0) is 6.42 Å². The second-order valence-corrected chi connectivity index (χ2v) is 5.01. The average molecular weight is 274 g/mol. The van der Waals surface area contributed by atoms with Crippen molar-refractivity contribution >= 4 is 21.9 Å². The van der Waals surface area contributed by atoms with Gasteiger partial charge in [0.1, 0.15) is 18.5 Å². The maximum Gasteiger partial charge on any atom is 0.149 e. The van der Waals surface area contributed by atoms with Crippen molar-refractivity contribution in [1.29, 1.82) is 0 Å². The van der Waals surface area contributed by atoms with Crippen molar-refractivity contribution in [2.45, 2.75) is 13.3 Å². The van der Waals surface area contributed by atoms with E-state index in [4.69, 9.17) is 0 Å². The number of aromatic nitrogens is 4. The summed E-state index contributed by atoms with van der Waals surface area (Å²) >= 11 is 0. The van der Waals surface area contributed by atoms with E-state index in [1.54, 1.807) is 6.33 Å². The zero-order valence-electron chi connectivity index (χ0n) is 11.7. The van der Waals surface area contributed by atoms with Gasteiger partial charge in [-0.3, -0.25) is 4.57 Å². The minimum atomic E-state index is 0.879. The highest BCUT2D eigenvalue weighted by Crippen LogP contribution is 2.23. The number of nitrogens with zero attached hydrogens (tertiary/aromatic N) is 4. The molecule has 2 aromatic carbocycles. The molecule has 0 N–H and O–H groups in total. The van der Waals surface area contributed by atoms with E-state index >= 15 is 0 Å². The minimum Gasteiger partial charge on any atom is -0.282 e. The van der Waals surface area contributed by atoms with Crippen molar-refractivity contribution < 1.29 is 0 Å². The zero-order valence-corrected chi connectivity index (χ0v) is 11.7. The molecule has 21 heavy (non-hydrogen) atoms. The monoisotopic (exact) mass is 274 g/mol. The molecule has 0 amide bonds. The Morgan fingerprint density at radius 2 is 1.86 bits per heavy atom. The third-order valence-electron chi connectivity index (χ3n) is 3.77. The summed E-state index contributed by atoms with van der Waals surface area (Å²) in [6.07, 6.45) is 4.43. The minimum absolute atomic E-state index is 0.879. The van der Waals surface area contributed by atoms with Crippen LogP contribution in [0, 0.1) is 0 Å². The van der Waals surface area contributed by atoms with Crippen LogP contribution in [0.4, 0.5) is 0 Å². The summed E-state index contributed by atoms with van der Waals surface area (Å²) in [5, 5.41) is 1.06. The van der Waals surface area contributed by atoms with Crippen molar-refractivity contribution in [3.8, 4) is 5.82 Å². The normalized spacial score (nSPS) is 11.3. The molecule has 0 atom stereocenters. The van der Waals surface area contributed by atoms with Crippen LogP contribution in [-0.4, -0.2) is 19.5 Å². The van der Waals surface area contributed by atoms with E-state index in [-0.39, 0.29) is 0 Å². The van der Waals surface area contributed by atoms with Crippen molar-refractivity contribution in [1.82, 2.24) is 19.5 Å². The first kappa shape index (κ1) is 12.0. The lowest BCUT2D eigenvalue weighted by molar-refractivity contribution is 1.02. The van der Waals surface area contributed by atoms with E-state index in [9.17, 15) is 0 Å². The number of aryl methyl sites for hydroxylation is 1. The fourth-order valence-electron chi connectivity index (χ4n) is 2.63. The van der Waals surface area contributed by atoms with E-state index in [0.717, 1.165) is 34.2 Å². The molecule has 2 aromatic heterocycles. The molecule has 0 saturated heterocycles. The fraction of sp³-hybridized carbons (Fsp3) is 0.118. The van der Waals surface area contributed by atoms with Gasteiger partial charge >= 0.3 is 0 Å². The number of imidazole rings is 1. The molecule has 0 saturated carbocycles. The van der Waals surface area contributed by atoms with E-state index in [1.807, 2.05) is 29.1 Å². The Labute approximate surface area is 122 Å². The van der Waals surface area contributed by atoms with Gasteiger partial charge in [0.25, 0.3) is 0 Å². The van der Waals surface area contributed by atoms with Gasteiger partial charge in [0.05, 0.1) is 16.6 Å². The molecule has 4 aromatic rings. The summed E-state index contributed by atoms with van der Waals surface area (Å²) in [6, 6.07) is 14.4. The lowest BCUT2D eigenvalue weighted by Gasteiger charge is -2.08. The number of rotatable bonds is 2. The molecule has 2 heterocycles. The van der Waals surface area contributed by atoms with Gasteiger partial charge < -0.3 is 0 Å². The Kier molecular flexibility index (Phi) is 2.67. The van der Waals surface area contributed by atoms with Crippen molar-refractivity contribution in [3.63, 3.8) is 0 Å². The first-order valence-corrected chi connectivity index (χ1v) is 7.03. The van der Waals surface area contributed by atoms with Crippen LogP contribution in [0.2, 0.25) is 0 Å². The Bertz CT molecular complexity index is 940. The maximum atomic E-state index is 4.49.